The summed E-state index contributed by atoms with van der Waals surface area (Å²) in [5.74, 6) is 2.11. The number of halogens is 2. The van der Waals surface area contributed by atoms with Crippen molar-refractivity contribution >= 4 is 11.7 Å². The SMILES string of the molecule is O=C(Nc1cc(C#CCO)ccn1)c1cccc(F)c1F. The molecular formula is C15H10F2N2O2. The van der Waals surface area contributed by atoms with Crippen molar-refractivity contribution in [2.24, 2.45) is 0 Å². The number of carbonyl (C=O) groups is 1. The van der Waals surface area contributed by atoms with Crippen LogP contribution in [0.2, 0.25) is 0 Å². The second-order valence-electron chi connectivity index (χ2n) is 3.95. The van der Waals surface area contributed by atoms with Crippen LogP contribution >= 0.6 is 0 Å². The van der Waals surface area contributed by atoms with Gasteiger partial charge in [0.05, 0.1) is 5.56 Å². The van der Waals surface area contributed by atoms with E-state index in [9.17, 15) is 13.6 Å². The second kappa shape index (κ2) is 6.59. The predicted octanol–water partition coefficient (Wildman–Crippen LogP) is 1.96. The fourth-order valence-electron chi connectivity index (χ4n) is 1.58. The number of amides is 1. The summed E-state index contributed by atoms with van der Waals surface area (Å²) >= 11 is 0. The zero-order chi connectivity index (χ0) is 15.2. The maximum Gasteiger partial charge on any atom is 0.259 e. The number of rotatable bonds is 2. The lowest BCUT2D eigenvalue weighted by Crippen LogP contribution is -2.15. The van der Waals surface area contributed by atoms with E-state index < -0.39 is 23.1 Å². The fourth-order valence-corrected chi connectivity index (χ4v) is 1.58. The Hall–Kier alpha value is -2.78. The minimum atomic E-state index is -1.22. The highest BCUT2D eigenvalue weighted by molar-refractivity contribution is 6.04. The molecule has 0 spiro atoms. The maximum atomic E-state index is 13.5. The highest BCUT2D eigenvalue weighted by atomic mass is 19.2. The largest absolute Gasteiger partial charge is 0.384 e. The first-order valence-electron chi connectivity index (χ1n) is 5.93. The van der Waals surface area contributed by atoms with Gasteiger partial charge in [0.15, 0.2) is 11.6 Å². The smallest absolute Gasteiger partial charge is 0.259 e. The number of aromatic nitrogens is 1. The Balaban J connectivity index is 2.22. The van der Waals surface area contributed by atoms with Gasteiger partial charge in [-0.05, 0) is 24.3 Å². The third-order valence-electron chi connectivity index (χ3n) is 2.51. The molecule has 0 aliphatic carbocycles. The molecule has 106 valence electrons. The Morgan fingerprint density at radius 1 is 1.33 bits per heavy atom. The van der Waals surface area contributed by atoms with Gasteiger partial charge in [-0.1, -0.05) is 17.9 Å². The molecule has 1 aromatic heterocycles. The van der Waals surface area contributed by atoms with E-state index in [1.807, 2.05) is 0 Å². The van der Waals surface area contributed by atoms with Crippen LogP contribution in [0.5, 0.6) is 0 Å². The number of nitrogens with zero attached hydrogens (tertiary/aromatic N) is 1. The quantitative estimate of drug-likeness (QED) is 0.830. The lowest BCUT2D eigenvalue weighted by Gasteiger charge is -2.06. The molecule has 1 aromatic carbocycles. The average molecular weight is 288 g/mol. The van der Waals surface area contributed by atoms with Crippen LogP contribution < -0.4 is 5.32 Å². The first-order chi connectivity index (χ1) is 10.1. The minimum absolute atomic E-state index is 0.147. The standard InChI is InChI=1S/C15H10F2N2O2/c16-12-5-1-4-11(14(12)17)15(21)19-13-9-10(3-2-8-20)6-7-18-13/h1,4-7,9,20H,8H2,(H,18,19,21). The van der Waals surface area contributed by atoms with E-state index in [1.54, 1.807) is 6.07 Å². The van der Waals surface area contributed by atoms with E-state index >= 15 is 0 Å². The zero-order valence-corrected chi connectivity index (χ0v) is 10.7. The van der Waals surface area contributed by atoms with E-state index in [0.717, 1.165) is 6.07 Å². The van der Waals surface area contributed by atoms with Crippen LogP contribution in [0.1, 0.15) is 15.9 Å². The summed E-state index contributed by atoms with van der Waals surface area (Å²) in [6.45, 7) is -0.293. The van der Waals surface area contributed by atoms with Crippen molar-refractivity contribution in [3.8, 4) is 11.8 Å². The first kappa shape index (κ1) is 14.6. The summed E-state index contributed by atoms with van der Waals surface area (Å²) in [7, 11) is 0. The van der Waals surface area contributed by atoms with Crippen molar-refractivity contribution in [2.45, 2.75) is 0 Å². The van der Waals surface area contributed by atoms with Crippen LogP contribution in [-0.4, -0.2) is 22.6 Å². The number of hydrogen-bond donors (Lipinski definition) is 2. The Bertz CT molecular complexity index is 736. The molecule has 2 N–H and O–H groups in total. The molecule has 0 aliphatic rings. The van der Waals surface area contributed by atoms with Crippen LogP contribution in [-0.2, 0) is 0 Å². The molecule has 0 atom stereocenters. The number of nitrogens with one attached hydrogen (secondary N) is 1. The molecule has 1 amide bonds. The van der Waals surface area contributed by atoms with Gasteiger partial charge in [0.1, 0.15) is 12.4 Å². The molecule has 1 heterocycles. The number of benzene rings is 1. The summed E-state index contributed by atoms with van der Waals surface area (Å²) < 4.78 is 26.6. The van der Waals surface area contributed by atoms with Gasteiger partial charge in [0.2, 0.25) is 0 Å². The molecule has 6 heteroatoms. The third kappa shape index (κ3) is 3.61. The lowest BCUT2D eigenvalue weighted by atomic mass is 10.2. The Morgan fingerprint density at radius 2 is 2.14 bits per heavy atom. The zero-order valence-electron chi connectivity index (χ0n) is 10.7. The molecule has 0 saturated heterocycles. The van der Waals surface area contributed by atoms with Gasteiger partial charge in [0.25, 0.3) is 5.91 Å². The summed E-state index contributed by atoms with van der Waals surface area (Å²) in [4.78, 5) is 15.8. The topological polar surface area (TPSA) is 62.2 Å². The highest BCUT2D eigenvalue weighted by Crippen LogP contribution is 2.14. The Kier molecular flexibility index (Phi) is 4.59. The van der Waals surface area contributed by atoms with E-state index in [0.29, 0.717) is 5.56 Å². The van der Waals surface area contributed by atoms with Gasteiger partial charge in [-0.25, -0.2) is 13.8 Å². The maximum absolute atomic E-state index is 13.5. The number of carbonyl (C=O) groups excluding carboxylic acids is 1. The number of hydrogen-bond acceptors (Lipinski definition) is 3. The van der Waals surface area contributed by atoms with Crippen LogP contribution in [0.15, 0.2) is 36.5 Å². The van der Waals surface area contributed by atoms with E-state index in [1.165, 1.54) is 24.4 Å². The van der Waals surface area contributed by atoms with Crippen molar-refractivity contribution < 1.29 is 18.7 Å². The van der Waals surface area contributed by atoms with Gasteiger partial charge in [0, 0.05) is 11.8 Å². The van der Waals surface area contributed by atoms with E-state index in [4.69, 9.17) is 5.11 Å². The predicted molar refractivity (Wildman–Crippen MR) is 72.5 cm³/mol. The molecule has 21 heavy (non-hydrogen) atoms. The summed E-state index contributed by atoms with van der Waals surface area (Å²) in [5.41, 5.74) is 0.109. The molecule has 2 rings (SSSR count). The third-order valence-corrected chi connectivity index (χ3v) is 2.51. The lowest BCUT2D eigenvalue weighted by molar-refractivity contribution is 0.102. The van der Waals surface area contributed by atoms with Gasteiger partial charge in [-0.3, -0.25) is 4.79 Å². The van der Waals surface area contributed by atoms with Crippen molar-refractivity contribution in [2.75, 3.05) is 11.9 Å². The van der Waals surface area contributed by atoms with Gasteiger partial charge in [-0.2, -0.15) is 0 Å². The highest BCUT2D eigenvalue weighted by Gasteiger charge is 2.15. The molecule has 0 radical (unpaired) electrons. The number of pyridine rings is 1. The first-order valence-corrected chi connectivity index (χ1v) is 5.93. The fraction of sp³-hybridized carbons (Fsp3) is 0.0667. The van der Waals surface area contributed by atoms with Crippen molar-refractivity contribution in [1.82, 2.24) is 4.98 Å². The monoisotopic (exact) mass is 288 g/mol. The minimum Gasteiger partial charge on any atom is -0.384 e. The van der Waals surface area contributed by atoms with E-state index in [2.05, 4.69) is 22.1 Å². The van der Waals surface area contributed by atoms with Gasteiger partial charge in [-0.15, -0.1) is 0 Å². The van der Waals surface area contributed by atoms with Crippen molar-refractivity contribution in [3.05, 3.63) is 59.3 Å². The number of anilines is 1. The average Bonchev–Trinajstić information content (AvgIpc) is 2.48. The molecule has 4 nitrogen and oxygen atoms in total. The molecule has 0 unspecified atom stereocenters. The summed E-state index contributed by atoms with van der Waals surface area (Å²) in [5, 5.41) is 11.0. The molecule has 0 aliphatic heterocycles. The molecule has 0 saturated carbocycles. The molecule has 2 aromatic rings. The number of aliphatic hydroxyl groups excluding tert-OH is 1. The Labute approximate surface area is 119 Å². The van der Waals surface area contributed by atoms with Gasteiger partial charge >= 0.3 is 0 Å². The number of aliphatic hydroxyl groups is 1. The summed E-state index contributed by atoms with van der Waals surface area (Å²) in [6.07, 6.45) is 1.40. The summed E-state index contributed by atoms with van der Waals surface area (Å²) in [6, 6.07) is 6.38. The normalized spacial score (nSPS) is 9.67. The van der Waals surface area contributed by atoms with Crippen molar-refractivity contribution in [1.29, 1.82) is 0 Å². The van der Waals surface area contributed by atoms with Crippen LogP contribution in [0.25, 0.3) is 0 Å². The molecule has 0 fully saturated rings. The van der Waals surface area contributed by atoms with Crippen LogP contribution in [0.3, 0.4) is 0 Å². The van der Waals surface area contributed by atoms with Crippen molar-refractivity contribution in [3.63, 3.8) is 0 Å². The Morgan fingerprint density at radius 3 is 2.90 bits per heavy atom. The van der Waals surface area contributed by atoms with E-state index in [-0.39, 0.29) is 12.4 Å². The van der Waals surface area contributed by atoms with Crippen LogP contribution in [0, 0.1) is 23.5 Å². The second-order valence-corrected chi connectivity index (χ2v) is 3.95. The van der Waals surface area contributed by atoms with Crippen LogP contribution in [0.4, 0.5) is 14.6 Å². The van der Waals surface area contributed by atoms with Gasteiger partial charge < -0.3 is 10.4 Å². The molecular weight excluding hydrogens is 278 g/mol. The molecule has 0 bridgehead atoms.